The van der Waals surface area contributed by atoms with Gasteiger partial charge in [-0.05, 0) is 59.7 Å². The van der Waals surface area contributed by atoms with Crippen molar-refractivity contribution in [1.29, 1.82) is 0 Å². The SMILES string of the molecule is COc1ccc2c(c1)C[C@]1(C=Cc3ccc4ccc(OC)cc4c3O1)CC2. The highest BCUT2D eigenvalue weighted by molar-refractivity contribution is 5.93. The average molecular weight is 358 g/mol. The predicted molar refractivity (Wildman–Crippen MR) is 108 cm³/mol. The van der Waals surface area contributed by atoms with Crippen LogP contribution >= 0.6 is 0 Å². The van der Waals surface area contributed by atoms with Crippen LogP contribution in [-0.2, 0) is 12.8 Å². The highest BCUT2D eigenvalue weighted by Crippen LogP contribution is 2.43. The first-order chi connectivity index (χ1) is 13.2. The molecule has 1 aliphatic heterocycles. The predicted octanol–water partition coefficient (Wildman–Crippen LogP) is 5.19. The van der Waals surface area contributed by atoms with Gasteiger partial charge in [-0.15, -0.1) is 0 Å². The maximum Gasteiger partial charge on any atom is 0.135 e. The fourth-order valence-corrected chi connectivity index (χ4v) is 4.26. The summed E-state index contributed by atoms with van der Waals surface area (Å²) in [5.74, 6) is 2.71. The minimum absolute atomic E-state index is 0.302. The molecule has 136 valence electrons. The van der Waals surface area contributed by atoms with Gasteiger partial charge < -0.3 is 14.2 Å². The summed E-state index contributed by atoms with van der Waals surface area (Å²) in [6.45, 7) is 0. The molecule has 0 aromatic heterocycles. The molecule has 1 atom stereocenters. The maximum atomic E-state index is 6.72. The third-order valence-corrected chi connectivity index (χ3v) is 5.80. The lowest BCUT2D eigenvalue weighted by Gasteiger charge is -2.39. The zero-order chi connectivity index (χ0) is 18.4. The van der Waals surface area contributed by atoms with Crippen LogP contribution in [0.1, 0.15) is 23.1 Å². The monoisotopic (exact) mass is 358 g/mol. The normalized spacial score (nSPS) is 20.1. The highest BCUT2D eigenvalue weighted by atomic mass is 16.5. The van der Waals surface area contributed by atoms with E-state index < -0.39 is 0 Å². The summed E-state index contributed by atoms with van der Waals surface area (Å²) in [6.07, 6.45) is 7.29. The fourth-order valence-electron chi connectivity index (χ4n) is 4.26. The number of fused-ring (bicyclic) bond motifs is 4. The molecule has 3 heteroatoms. The molecule has 1 spiro atoms. The van der Waals surface area contributed by atoms with Gasteiger partial charge in [0.2, 0.25) is 0 Å². The number of ether oxygens (including phenoxy) is 3. The molecule has 3 nitrogen and oxygen atoms in total. The molecule has 0 fully saturated rings. The van der Waals surface area contributed by atoms with E-state index in [1.165, 1.54) is 11.1 Å². The number of aryl methyl sites for hydroxylation is 1. The minimum atomic E-state index is -0.302. The zero-order valence-electron chi connectivity index (χ0n) is 15.6. The summed E-state index contributed by atoms with van der Waals surface area (Å²) >= 11 is 0. The van der Waals surface area contributed by atoms with Gasteiger partial charge in [-0.2, -0.15) is 0 Å². The van der Waals surface area contributed by atoms with E-state index in [1.54, 1.807) is 14.2 Å². The number of rotatable bonds is 2. The van der Waals surface area contributed by atoms with E-state index in [0.29, 0.717) is 0 Å². The number of hydrogen-bond donors (Lipinski definition) is 0. The molecule has 0 saturated carbocycles. The van der Waals surface area contributed by atoms with Crippen molar-refractivity contribution in [2.24, 2.45) is 0 Å². The van der Waals surface area contributed by atoms with Gasteiger partial charge in [0.05, 0.1) is 14.2 Å². The Hall–Kier alpha value is -2.94. The fraction of sp³-hybridized carbons (Fsp3) is 0.250. The Morgan fingerprint density at radius 2 is 1.67 bits per heavy atom. The van der Waals surface area contributed by atoms with Crippen molar-refractivity contribution in [3.05, 3.63) is 71.3 Å². The second-order valence-electron chi connectivity index (χ2n) is 7.38. The molecule has 1 aliphatic carbocycles. The van der Waals surface area contributed by atoms with Crippen LogP contribution in [0.25, 0.3) is 16.8 Å². The first-order valence-corrected chi connectivity index (χ1v) is 9.34. The molecular formula is C24H22O3. The van der Waals surface area contributed by atoms with Crippen molar-refractivity contribution in [1.82, 2.24) is 0 Å². The van der Waals surface area contributed by atoms with Gasteiger partial charge in [0.15, 0.2) is 0 Å². The Kier molecular flexibility index (Phi) is 3.64. The Morgan fingerprint density at radius 3 is 2.52 bits per heavy atom. The Labute approximate surface area is 159 Å². The Balaban J connectivity index is 1.58. The van der Waals surface area contributed by atoms with E-state index in [1.807, 2.05) is 12.1 Å². The number of benzene rings is 3. The molecule has 2 aliphatic rings. The third kappa shape index (κ3) is 2.66. The molecule has 3 aromatic rings. The Bertz CT molecular complexity index is 1070. The van der Waals surface area contributed by atoms with Crippen molar-refractivity contribution in [2.75, 3.05) is 14.2 Å². The topological polar surface area (TPSA) is 27.7 Å². The van der Waals surface area contributed by atoms with Crippen LogP contribution in [0.15, 0.2) is 54.6 Å². The average Bonchev–Trinajstić information content (AvgIpc) is 2.72. The Morgan fingerprint density at radius 1 is 0.889 bits per heavy atom. The lowest BCUT2D eigenvalue weighted by atomic mass is 9.78. The van der Waals surface area contributed by atoms with E-state index in [0.717, 1.165) is 52.8 Å². The first-order valence-electron chi connectivity index (χ1n) is 9.34. The van der Waals surface area contributed by atoms with Crippen molar-refractivity contribution < 1.29 is 14.2 Å². The maximum absolute atomic E-state index is 6.72. The molecule has 0 bridgehead atoms. The highest BCUT2D eigenvalue weighted by Gasteiger charge is 2.37. The summed E-state index contributed by atoms with van der Waals surface area (Å²) in [4.78, 5) is 0. The molecule has 27 heavy (non-hydrogen) atoms. The molecule has 0 radical (unpaired) electrons. The van der Waals surface area contributed by atoms with Crippen molar-refractivity contribution in [3.63, 3.8) is 0 Å². The van der Waals surface area contributed by atoms with E-state index in [4.69, 9.17) is 14.2 Å². The molecule has 5 rings (SSSR count). The standard InChI is InChI=1S/C24H22O3/c1-25-20-7-5-16-9-11-24(15-19(16)13-20)12-10-18-4-3-17-6-8-21(26-2)14-22(17)23(18)27-24/h3-8,10,12-14H,9,11,15H2,1-2H3/t24-/m1/s1. The van der Waals surface area contributed by atoms with E-state index in [-0.39, 0.29) is 5.60 Å². The van der Waals surface area contributed by atoms with Crippen LogP contribution in [0.4, 0.5) is 0 Å². The molecule has 0 amide bonds. The van der Waals surface area contributed by atoms with Crippen LogP contribution in [0.5, 0.6) is 17.2 Å². The van der Waals surface area contributed by atoms with Gasteiger partial charge in [0, 0.05) is 17.4 Å². The number of hydrogen-bond acceptors (Lipinski definition) is 3. The van der Waals surface area contributed by atoms with E-state index in [9.17, 15) is 0 Å². The second-order valence-corrected chi connectivity index (χ2v) is 7.38. The molecule has 0 saturated heterocycles. The molecular weight excluding hydrogens is 336 g/mol. The van der Waals surface area contributed by atoms with Gasteiger partial charge in [-0.3, -0.25) is 0 Å². The van der Waals surface area contributed by atoms with Gasteiger partial charge >= 0.3 is 0 Å². The summed E-state index contributed by atoms with van der Waals surface area (Å²) in [5, 5.41) is 2.27. The van der Waals surface area contributed by atoms with Gasteiger partial charge in [-0.25, -0.2) is 0 Å². The molecule has 0 unspecified atom stereocenters. The quantitative estimate of drug-likeness (QED) is 0.631. The van der Waals surface area contributed by atoms with Gasteiger partial charge in [0.25, 0.3) is 0 Å². The summed E-state index contributed by atoms with van der Waals surface area (Å²) in [6, 6.07) is 16.8. The van der Waals surface area contributed by atoms with Crippen LogP contribution in [0, 0.1) is 0 Å². The van der Waals surface area contributed by atoms with E-state index >= 15 is 0 Å². The molecule has 1 heterocycles. The van der Waals surface area contributed by atoms with Gasteiger partial charge in [-0.1, -0.05) is 30.3 Å². The summed E-state index contributed by atoms with van der Waals surface area (Å²) in [5.41, 5.74) is 3.53. The second kappa shape index (κ2) is 6.05. The smallest absolute Gasteiger partial charge is 0.135 e. The van der Waals surface area contributed by atoms with Gasteiger partial charge in [0.1, 0.15) is 22.8 Å². The van der Waals surface area contributed by atoms with E-state index in [2.05, 4.69) is 48.6 Å². The van der Waals surface area contributed by atoms with Crippen LogP contribution < -0.4 is 14.2 Å². The van der Waals surface area contributed by atoms with Crippen molar-refractivity contribution >= 4 is 16.8 Å². The van der Waals surface area contributed by atoms with Crippen LogP contribution in [-0.4, -0.2) is 19.8 Å². The largest absolute Gasteiger partial charge is 0.497 e. The third-order valence-electron chi connectivity index (χ3n) is 5.80. The minimum Gasteiger partial charge on any atom is -0.497 e. The first kappa shape index (κ1) is 16.2. The van der Waals surface area contributed by atoms with Crippen molar-refractivity contribution in [3.8, 4) is 17.2 Å². The zero-order valence-corrected chi connectivity index (χ0v) is 15.6. The number of methoxy groups -OCH3 is 2. The summed E-state index contributed by atoms with van der Waals surface area (Å²) in [7, 11) is 3.41. The molecule has 3 aromatic carbocycles. The van der Waals surface area contributed by atoms with Crippen molar-refractivity contribution in [2.45, 2.75) is 24.9 Å². The molecule has 0 N–H and O–H groups in total. The van der Waals surface area contributed by atoms with Crippen LogP contribution in [0.3, 0.4) is 0 Å². The summed E-state index contributed by atoms with van der Waals surface area (Å²) < 4.78 is 17.6. The lowest BCUT2D eigenvalue weighted by Crippen LogP contribution is -2.41. The lowest BCUT2D eigenvalue weighted by molar-refractivity contribution is 0.103. The van der Waals surface area contributed by atoms with Crippen LogP contribution in [0.2, 0.25) is 0 Å².